The van der Waals surface area contributed by atoms with Gasteiger partial charge in [-0.05, 0) is 12.8 Å². The molecule has 1 atom stereocenters. The molecule has 0 aromatic heterocycles. The molecule has 0 aromatic rings. The molecule has 1 rings (SSSR count). The molecule has 0 aromatic carbocycles. The molecule has 6 nitrogen and oxygen atoms in total. The summed E-state index contributed by atoms with van der Waals surface area (Å²) in [6.45, 7) is 0.0849. The van der Waals surface area contributed by atoms with E-state index >= 15 is 0 Å². The van der Waals surface area contributed by atoms with Crippen LogP contribution in [0.25, 0.3) is 0 Å². The van der Waals surface area contributed by atoms with Crippen LogP contribution in [0.1, 0.15) is 32.1 Å². The molecule has 0 heterocycles. The van der Waals surface area contributed by atoms with Crippen molar-refractivity contribution in [1.82, 2.24) is 5.32 Å². The predicted molar refractivity (Wildman–Crippen MR) is 61.4 cm³/mol. The number of carbonyl (C=O) groups excluding carboxylic acids is 1. The van der Waals surface area contributed by atoms with Crippen LogP contribution in [0, 0.1) is 0 Å². The summed E-state index contributed by atoms with van der Waals surface area (Å²) in [4.78, 5) is 23.0. The van der Waals surface area contributed by atoms with Gasteiger partial charge in [-0.3, -0.25) is 4.79 Å². The Kier molecular flexibility index (Phi) is 4.89. The van der Waals surface area contributed by atoms with E-state index in [4.69, 9.17) is 10.5 Å². The Morgan fingerprint density at radius 2 is 2.00 bits per heavy atom. The van der Waals surface area contributed by atoms with E-state index in [9.17, 15) is 14.7 Å². The van der Waals surface area contributed by atoms with Crippen molar-refractivity contribution >= 4 is 11.9 Å². The standard InChI is InChI=1S/C11H20N2O4/c1-17-7-8(12)9(14)13-11(10(15)16)5-3-2-4-6-11/h8H,2-7,12H2,1H3,(H,13,14)(H,15,16). The lowest BCUT2D eigenvalue weighted by molar-refractivity contribution is -0.149. The first-order valence-corrected chi connectivity index (χ1v) is 5.82. The maximum Gasteiger partial charge on any atom is 0.329 e. The Morgan fingerprint density at radius 3 is 2.47 bits per heavy atom. The smallest absolute Gasteiger partial charge is 0.329 e. The number of amides is 1. The van der Waals surface area contributed by atoms with Crippen molar-refractivity contribution in [3.05, 3.63) is 0 Å². The number of rotatable bonds is 5. The van der Waals surface area contributed by atoms with Crippen molar-refractivity contribution in [2.45, 2.75) is 43.7 Å². The van der Waals surface area contributed by atoms with E-state index in [1.807, 2.05) is 0 Å². The maximum absolute atomic E-state index is 11.7. The fourth-order valence-corrected chi connectivity index (χ4v) is 2.13. The molecular weight excluding hydrogens is 224 g/mol. The van der Waals surface area contributed by atoms with Gasteiger partial charge in [0, 0.05) is 7.11 Å². The van der Waals surface area contributed by atoms with Gasteiger partial charge in [-0.25, -0.2) is 4.79 Å². The predicted octanol–water partition coefficient (Wildman–Crippen LogP) is -0.136. The Bertz CT molecular complexity index is 287. The van der Waals surface area contributed by atoms with Crippen LogP contribution in [0.5, 0.6) is 0 Å². The Morgan fingerprint density at radius 1 is 1.41 bits per heavy atom. The lowest BCUT2D eigenvalue weighted by Gasteiger charge is -2.34. The molecule has 1 fully saturated rings. The summed E-state index contributed by atoms with van der Waals surface area (Å²) in [5, 5.41) is 11.8. The number of carbonyl (C=O) groups is 2. The first-order valence-electron chi connectivity index (χ1n) is 5.82. The van der Waals surface area contributed by atoms with Crippen molar-refractivity contribution in [1.29, 1.82) is 0 Å². The molecule has 1 amide bonds. The van der Waals surface area contributed by atoms with Gasteiger partial charge in [0.1, 0.15) is 11.6 Å². The SMILES string of the molecule is COCC(N)C(=O)NC1(C(=O)O)CCCCC1. The van der Waals surface area contributed by atoms with E-state index in [0.29, 0.717) is 12.8 Å². The number of nitrogens with one attached hydrogen (secondary N) is 1. The van der Waals surface area contributed by atoms with E-state index < -0.39 is 23.5 Å². The van der Waals surface area contributed by atoms with Crippen LogP contribution < -0.4 is 11.1 Å². The normalized spacial score (nSPS) is 20.6. The molecule has 1 aliphatic rings. The quantitative estimate of drug-likeness (QED) is 0.625. The highest BCUT2D eigenvalue weighted by atomic mass is 16.5. The third-order valence-corrected chi connectivity index (χ3v) is 3.16. The van der Waals surface area contributed by atoms with Gasteiger partial charge in [-0.2, -0.15) is 0 Å². The van der Waals surface area contributed by atoms with Gasteiger partial charge in [0.25, 0.3) is 0 Å². The summed E-state index contributed by atoms with van der Waals surface area (Å²) in [6.07, 6.45) is 3.56. The molecule has 1 saturated carbocycles. The van der Waals surface area contributed by atoms with Gasteiger partial charge in [0.05, 0.1) is 6.61 Å². The number of aliphatic carboxylic acids is 1. The lowest BCUT2D eigenvalue weighted by atomic mass is 9.81. The number of carboxylic acid groups (broad SMARTS) is 1. The van der Waals surface area contributed by atoms with Crippen molar-refractivity contribution in [3.8, 4) is 0 Å². The van der Waals surface area contributed by atoms with Crippen LogP contribution in [0.3, 0.4) is 0 Å². The molecule has 0 saturated heterocycles. The molecule has 98 valence electrons. The number of methoxy groups -OCH3 is 1. The van der Waals surface area contributed by atoms with Crippen LogP contribution >= 0.6 is 0 Å². The molecule has 0 radical (unpaired) electrons. The molecule has 17 heavy (non-hydrogen) atoms. The second-order valence-electron chi connectivity index (χ2n) is 4.50. The van der Waals surface area contributed by atoms with E-state index in [2.05, 4.69) is 5.32 Å². The topological polar surface area (TPSA) is 102 Å². The summed E-state index contributed by atoms with van der Waals surface area (Å²) in [5.74, 6) is -1.44. The average molecular weight is 244 g/mol. The number of hydrogen-bond acceptors (Lipinski definition) is 4. The lowest BCUT2D eigenvalue weighted by Crippen LogP contribution is -2.59. The van der Waals surface area contributed by atoms with Gasteiger partial charge in [-0.1, -0.05) is 19.3 Å². The number of nitrogens with two attached hydrogens (primary N) is 1. The summed E-state index contributed by atoms with van der Waals surface area (Å²) in [7, 11) is 1.45. The first-order chi connectivity index (χ1) is 8.02. The Labute approximate surface area is 101 Å². The van der Waals surface area contributed by atoms with Crippen LogP contribution in [0.15, 0.2) is 0 Å². The zero-order valence-electron chi connectivity index (χ0n) is 10.1. The van der Waals surface area contributed by atoms with E-state index in [0.717, 1.165) is 19.3 Å². The monoisotopic (exact) mass is 244 g/mol. The van der Waals surface area contributed by atoms with Crippen molar-refractivity contribution in [2.24, 2.45) is 5.73 Å². The van der Waals surface area contributed by atoms with E-state index in [1.54, 1.807) is 0 Å². The van der Waals surface area contributed by atoms with E-state index in [1.165, 1.54) is 7.11 Å². The minimum absolute atomic E-state index is 0.0849. The third-order valence-electron chi connectivity index (χ3n) is 3.16. The van der Waals surface area contributed by atoms with Crippen LogP contribution in [-0.2, 0) is 14.3 Å². The second kappa shape index (κ2) is 5.97. The van der Waals surface area contributed by atoms with Crippen molar-refractivity contribution in [2.75, 3.05) is 13.7 Å². The van der Waals surface area contributed by atoms with Gasteiger partial charge < -0.3 is 20.9 Å². The zero-order chi connectivity index (χ0) is 12.9. The molecule has 1 unspecified atom stereocenters. The Balaban J connectivity index is 2.66. The fraction of sp³-hybridized carbons (Fsp3) is 0.818. The third kappa shape index (κ3) is 3.41. The molecule has 4 N–H and O–H groups in total. The van der Waals surface area contributed by atoms with Crippen LogP contribution in [0.4, 0.5) is 0 Å². The maximum atomic E-state index is 11.7. The Hall–Kier alpha value is -1.14. The summed E-state index contributed by atoms with van der Waals surface area (Å²) in [5.41, 5.74) is 4.44. The first kappa shape index (κ1) is 13.9. The zero-order valence-corrected chi connectivity index (χ0v) is 10.1. The molecule has 6 heteroatoms. The van der Waals surface area contributed by atoms with Crippen molar-refractivity contribution in [3.63, 3.8) is 0 Å². The van der Waals surface area contributed by atoms with Gasteiger partial charge in [0.2, 0.25) is 5.91 Å². The summed E-state index contributed by atoms with van der Waals surface area (Å²) >= 11 is 0. The van der Waals surface area contributed by atoms with Crippen LogP contribution in [0.2, 0.25) is 0 Å². The molecular formula is C11H20N2O4. The van der Waals surface area contributed by atoms with Crippen LogP contribution in [-0.4, -0.2) is 42.3 Å². The van der Waals surface area contributed by atoms with Gasteiger partial charge >= 0.3 is 5.97 Å². The summed E-state index contributed by atoms with van der Waals surface area (Å²) in [6, 6.07) is -0.821. The largest absolute Gasteiger partial charge is 0.480 e. The van der Waals surface area contributed by atoms with Crippen molar-refractivity contribution < 1.29 is 19.4 Å². The van der Waals surface area contributed by atoms with Gasteiger partial charge in [-0.15, -0.1) is 0 Å². The minimum Gasteiger partial charge on any atom is -0.480 e. The number of ether oxygens (including phenoxy) is 1. The van der Waals surface area contributed by atoms with E-state index in [-0.39, 0.29) is 6.61 Å². The highest BCUT2D eigenvalue weighted by molar-refractivity contribution is 5.89. The second-order valence-corrected chi connectivity index (χ2v) is 4.50. The molecule has 0 bridgehead atoms. The molecule has 0 aliphatic heterocycles. The van der Waals surface area contributed by atoms with Gasteiger partial charge in [0.15, 0.2) is 0 Å². The fourth-order valence-electron chi connectivity index (χ4n) is 2.13. The minimum atomic E-state index is -1.14. The molecule has 1 aliphatic carbocycles. The average Bonchev–Trinajstić information content (AvgIpc) is 2.30. The number of hydrogen-bond donors (Lipinski definition) is 3. The highest BCUT2D eigenvalue weighted by Crippen LogP contribution is 2.28. The highest BCUT2D eigenvalue weighted by Gasteiger charge is 2.41. The molecule has 0 spiro atoms. The summed E-state index contributed by atoms with van der Waals surface area (Å²) < 4.78 is 4.77. The number of carboxylic acids is 1.